The number of nitrogens with one attached hydrogen (secondary N) is 3. The van der Waals surface area contributed by atoms with Gasteiger partial charge in [-0.3, -0.25) is 14.2 Å². The van der Waals surface area contributed by atoms with Gasteiger partial charge in [0.1, 0.15) is 17.0 Å². The summed E-state index contributed by atoms with van der Waals surface area (Å²) in [6.07, 6.45) is 0.856. The normalized spacial score (nSPS) is 13.8. The van der Waals surface area contributed by atoms with E-state index in [2.05, 4.69) is 14.8 Å². The summed E-state index contributed by atoms with van der Waals surface area (Å²) in [5.41, 5.74) is -0.177. The summed E-state index contributed by atoms with van der Waals surface area (Å²) in [7, 11) is -9.01. The first-order chi connectivity index (χ1) is 14.5. The van der Waals surface area contributed by atoms with Crippen molar-refractivity contribution in [3.63, 3.8) is 0 Å². The number of hydrogen-bond acceptors (Lipinski definition) is 10. The van der Waals surface area contributed by atoms with Gasteiger partial charge >= 0.3 is 7.32 Å². The van der Waals surface area contributed by atoms with Gasteiger partial charge in [0.05, 0.1) is 6.26 Å². The fourth-order valence-electron chi connectivity index (χ4n) is 2.88. The number of hydrogen-bond donors (Lipinski definition) is 5. The highest BCUT2D eigenvalue weighted by Crippen LogP contribution is 2.57. The van der Waals surface area contributed by atoms with Crippen LogP contribution in [0, 0.1) is 0 Å². The summed E-state index contributed by atoms with van der Waals surface area (Å²) >= 11 is 0. The van der Waals surface area contributed by atoms with Crippen molar-refractivity contribution < 1.29 is 45.8 Å². The molecular formula is C15H14BN3O10S2. The number of carbonyl (C=O) groups excluding carboxylic acids is 1. The van der Waals surface area contributed by atoms with E-state index in [0.29, 0.717) is 0 Å². The molecule has 0 fully saturated rings. The molecule has 0 atom stereocenters. The fourth-order valence-corrected chi connectivity index (χ4v) is 4.00. The van der Waals surface area contributed by atoms with E-state index in [-0.39, 0.29) is 39.9 Å². The monoisotopic (exact) mass is 471 g/mol. The number of aliphatic hydroxyl groups is 1. The highest BCUT2D eigenvalue weighted by atomic mass is 32.2. The third-order valence-corrected chi connectivity index (χ3v) is 5.54. The second-order valence-corrected chi connectivity index (χ2v) is 9.92. The van der Waals surface area contributed by atoms with Gasteiger partial charge in [-0.1, -0.05) is 0 Å². The third-order valence-electron chi connectivity index (χ3n) is 4.08. The highest BCUT2D eigenvalue weighted by Gasteiger charge is 2.51. The minimum absolute atomic E-state index is 0.118. The minimum Gasteiger partial charge on any atom is -0.503 e. The zero-order chi connectivity index (χ0) is 22.6. The molecule has 5 N–H and O–H groups in total. The smallest absolute Gasteiger partial charge is 0.503 e. The van der Waals surface area contributed by atoms with Gasteiger partial charge in [-0.2, -0.15) is 0 Å². The molecule has 0 spiro atoms. The van der Waals surface area contributed by atoms with E-state index < -0.39 is 45.0 Å². The van der Waals surface area contributed by atoms with Crippen LogP contribution in [0.3, 0.4) is 0 Å². The van der Waals surface area contributed by atoms with E-state index >= 15 is 0 Å². The second-order valence-electron chi connectivity index (χ2n) is 6.48. The molecule has 2 aliphatic heterocycles. The van der Waals surface area contributed by atoms with Gasteiger partial charge in [-0.15, -0.1) is 0 Å². The molecule has 164 valence electrons. The van der Waals surface area contributed by atoms with Gasteiger partial charge in [-0.25, -0.2) is 16.8 Å². The van der Waals surface area contributed by atoms with Gasteiger partial charge < -0.3 is 29.5 Å². The zero-order valence-corrected chi connectivity index (χ0v) is 17.2. The first-order valence-electron chi connectivity index (χ1n) is 8.41. The van der Waals surface area contributed by atoms with Gasteiger partial charge in [0.25, 0.3) is 15.9 Å². The molecule has 16 heteroatoms. The van der Waals surface area contributed by atoms with Crippen molar-refractivity contribution in [2.24, 2.45) is 0 Å². The molecule has 31 heavy (non-hydrogen) atoms. The standard InChI is InChI=1S/C15H14BN3O10S2/c1-30(23,24)19-10-11(21)14-13-9(12(10)27-16(28-13)29-14)15(22)17-7-2-4-8(5-3-7)18-31(25,26)6-20/h2-5,18-21H,6H2,1H3,(H,17,22). The Morgan fingerprint density at radius 1 is 0.968 bits per heavy atom. The Morgan fingerprint density at radius 3 is 2.16 bits per heavy atom. The molecule has 2 aromatic carbocycles. The van der Waals surface area contributed by atoms with Gasteiger partial charge in [-0.05, 0) is 24.3 Å². The largest absolute Gasteiger partial charge is 0.864 e. The quantitative estimate of drug-likeness (QED) is 0.268. The maximum Gasteiger partial charge on any atom is 0.864 e. The van der Waals surface area contributed by atoms with E-state index in [1.54, 1.807) is 0 Å². The van der Waals surface area contributed by atoms with E-state index in [9.17, 15) is 26.7 Å². The first kappa shape index (κ1) is 20.9. The number of phenolic OH excluding ortho intramolecular Hbond substituents is 1. The van der Waals surface area contributed by atoms with Crippen molar-refractivity contribution in [3.8, 4) is 23.0 Å². The predicted octanol–water partition coefficient (Wildman–Crippen LogP) is -0.144. The lowest BCUT2D eigenvalue weighted by molar-refractivity contribution is 0.102. The molecule has 1 amide bonds. The Labute approximate surface area is 176 Å². The summed E-state index contributed by atoms with van der Waals surface area (Å²) in [5, 5.41) is 21.6. The van der Waals surface area contributed by atoms with Crippen molar-refractivity contribution in [1.82, 2.24) is 0 Å². The molecule has 0 saturated heterocycles. The average molecular weight is 471 g/mol. The Balaban J connectivity index is 1.65. The summed E-state index contributed by atoms with van der Waals surface area (Å²) in [6.45, 7) is 0. The van der Waals surface area contributed by atoms with Crippen LogP contribution in [-0.4, -0.2) is 52.5 Å². The van der Waals surface area contributed by atoms with Crippen molar-refractivity contribution in [1.29, 1.82) is 0 Å². The molecule has 0 aromatic heterocycles. The Hall–Kier alpha value is -3.37. The van der Waals surface area contributed by atoms with Gasteiger partial charge in [0.15, 0.2) is 23.2 Å². The zero-order valence-electron chi connectivity index (χ0n) is 15.6. The second kappa shape index (κ2) is 7.10. The fraction of sp³-hybridized carbons (Fsp3) is 0.133. The number of benzene rings is 2. The summed E-state index contributed by atoms with van der Waals surface area (Å²) in [4.78, 5) is 12.9. The van der Waals surface area contributed by atoms with Crippen LogP contribution in [0.15, 0.2) is 24.3 Å². The molecule has 2 aliphatic rings. The molecule has 3 bridgehead atoms. The molecule has 2 heterocycles. The average Bonchev–Trinajstić information content (AvgIpc) is 2.97. The highest BCUT2D eigenvalue weighted by molar-refractivity contribution is 7.92. The lowest BCUT2D eigenvalue weighted by atomic mass is 10.1. The van der Waals surface area contributed by atoms with E-state index in [1.165, 1.54) is 24.3 Å². The Bertz CT molecular complexity index is 1300. The third kappa shape index (κ3) is 3.99. The number of sulfonamides is 2. The Kier molecular flexibility index (Phi) is 4.79. The van der Waals surface area contributed by atoms with E-state index in [4.69, 9.17) is 19.1 Å². The minimum atomic E-state index is -3.89. The van der Waals surface area contributed by atoms with Crippen LogP contribution in [0.2, 0.25) is 0 Å². The van der Waals surface area contributed by atoms with Crippen molar-refractivity contribution in [3.05, 3.63) is 29.8 Å². The van der Waals surface area contributed by atoms with E-state index in [0.717, 1.165) is 6.26 Å². The lowest BCUT2D eigenvalue weighted by Crippen LogP contribution is -2.35. The molecule has 2 aromatic rings. The molecule has 13 nitrogen and oxygen atoms in total. The van der Waals surface area contributed by atoms with Crippen LogP contribution >= 0.6 is 0 Å². The number of phenols is 1. The number of aromatic hydroxyl groups is 1. The summed E-state index contributed by atoms with van der Waals surface area (Å²) < 4.78 is 66.1. The molecule has 0 unspecified atom stereocenters. The first-order valence-corrected chi connectivity index (χ1v) is 12.0. The summed E-state index contributed by atoms with van der Waals surface area (Å²) in [5.74, 6) is -3.10. The molecular weight excluding hydrogens is 457 g/mol. The van der Waals surface area contributed by atoms with Crippen LogP contribution < -0.4 is 28.7 Å². The number of amides is 1. The molecule has 4 rings (SSSR count). The van der Waals surface area contributed by atoms with Crippen molar-refractivity contribution in [2.75, 3.05) is 27.0 Å². The maximum absolute atomic E-state index is 12.9. The topological polar surface area (TPSA) is 190 Å². The van der Waals surface area contributed by atoms with E-state index in [1.807, 2.05) is 0 Å². The van der Waals surface area contributed by atoms with Crippen LogP contribution in [0.4, 0.5) is 17.1 Å². The molecule has 0 saturated carbocycles. The van der Waals surface area contributed by atoms with Crippen LogP contribution in [0.1, 0.15) is 10.4 Å². The van der Waals surface area contributed by atoms with Crippen LogP contribution in [0.5, 0.6) is 23.0 Å². The summed E-state index contributed by atoms with van der Waals surface area (Å²) in [6, 6.07) is 5.46. The van der Waals surface area contributed by atoms with Crippen molar-refractivity contribution in [2.45, 2.75) is 0 Å². The predicted molar refractivity (Wildman–Crippen MR) is 108 cm³/mol. The van der Waals surface area contributed by atoms with Crippen molar-refractivity contribution >= 4 is 50.3 Å². The number of anilines is 3. The van der Waals surface area contributed by atoms with Gasteiger partial charge in [0.2, 0.25) is 10.0 Å². The SMILES string of the molecule is CS(=O)(=O)Nc1c(O)c2c3c(C(=O)Nc4ccc(NS(=O)(=O)CO)cc4)c1OB(O2)O3. The van der Waals surface area contributed by atoms with Crippen LogP contribution in [0.25, 0.3) is 0 Å². The number of rotatable bonds is 7. The maximum atomic E-state index is 12.9. The lowest BCUT2D eigenvalue weighted by Gasteiger charge is -2.21. The van der Waals surface area contributed by atoms with Gasteiger partial charge in [0, 0.05) is 11.4 Å². The van der Waals surface area contributed by atoms with Crippen LogP contribution in [-0.2, 0) is 20.0 Å². The number of carbonyl (C=O) groups is 1. The molecule has 0 radical (unpaired) electrons. The number of aliphatic hydroxyl groups excluding tert-OH is 1. The molecule has 0 aliphatic carbocycles. The Morgan fingerprint density at radius 2 is 1.55 bits per heavy atom. The number of fused-ring (bicyclic) bond motifs is 2.